The maximum atomic E-state index is 12.5. The number of carbonyl (C=O) groups is 2. The van der Waals surface area contributed by atoms with E-state index in [1.54, 1.807) is 0 Å². The summed E-state index contributed by atoms with van der Waals surface area (Å²) in [6.45, 7) is 3.82. The number of thiophene rings is 1. The van der Waals surface area contributed by atoms with Gasteiger partial charge in [-0.25, -0.2) is 4.98 Å². The number of nitrogens with one attached hydrogen (secondary N) is 2. The summed E-state index contributed by atoms with van der Waals surface area (Å²) in [4.78, 5) is 30.3. The molecule has 0 saturated carbocycles. The molecule has 0 fully saturated rings. The summed E-state index contributed by atoms with van der Waals surface area (Å²) in [6.07, 6.45) is -0.209. The van der Waals surface area contributed by atoms with Crippen LogP contribution in [0, 0.1) is 13.8 Å². The molecular weight excluding hydrogens is 364 g/mol. The fourth-order valence-electron chi connectivity index (χ4n) is 3.22. The number of amides is 2. The average Bonchev–Trinajstić information content (AvgIpc) is 3.20. The van der Waals surface area contributed by atoms with E-state index >= 15 is 0 Å². The van der Waals surface area contributed by atoms with Gasteiger partial charge in [-0.1, -0.05) is 18.2 Å². The first-order chi connectivity index (χ1) is 12.9. The van der Waals surface area contributed by atoms with E-state index in [0.717, 1.165) is 22.2 Å². The predicted molar refractivity (Wildman–Crippen MR) is 104 cm³/mol. The second kappa shape index (κ2) is 6.55. The van der Waals surface area contributed by atoms with Gasteiger partial charge in [-0.2, -0.15) is 0 Å². The van der Waals surface area contributed by atoms with Crippen LogP contribution in [0.25, 0.3) is 10.2 Å². The van der Waals surface area contributed by atoms with Gasteiger partial charge in [-0.05, 0) is 37.1 Å². The number of nitrogens with zero attached hydrogens (tertiary/aromatic N) is 1. The predicted octanol–water partition coefficient (Wildman–Crippen LogP) is 2.26. The lowest BCUT2D eigenvalue weighted by molar-refractivity contribution is -0.128. The first-order valence-corrected chi connectivity index (χ1v) is 9.26. The Kier molecular flexibility index (Phi) is 4.19. The molecule has 27 heavy (non-hydrogen) atoms. The molecule has 8 heteroatoms. The van der Waals surface area contributed by atoms with Crippen molar-refractivity contribution in [1.82, 2.24) is 15.8 Å². The molecule has 1 aromatic carbocycles. The number of pyridine rings is 1. The Balaban J connectivity index is 1.46. The summed E-state index contributed by atoms with van der Waals surface area (Å²) in [5.41, 5.74) is 14.2. The fraction of sp³-hybridized carbons (Fsp3) is 0.211. The Bertz CT molecular complexity index is 1050. The number of carbonyl (C=O) groups excluding carboxylic acids is 2. The Labute approximate surface area is 159 Å². The highest BCUT2D eigenvalue weighted by molar-refractivity contribution is 7.21. The molecule has 0 radical (unpaired) electrons. The zero-order valence-corrected chi connectivity index (χ0v) is 15.6. The molecule has 3 aromatic rings. The van der Waals surface area contributed by atoms with Gasteiger partial charge in [0.15, 0.2) is 6.10 Å². The standard InChI is InChI=1S/C19H18N4O3S/c1-9-7-10(2)21-19-14(9)15(20)16(27-19)18(25)23-22-17(24)13-8-11-5-3-4-6-12(11)26-13/h3-7,13H,8,20H2,1-2H3,(H,22,24)(H,23,25)/t13-/m1/s1. The van der Waals surface area contributed by atoms with Crippen molar-refractivity contribution >= 4 is 39.1 Å². The Morgan fingerprint density at radius 2 is 2.04 bits per heavy atom. The third kappa shape index (κ3) is 3.08. The topological polar surface area (TPSA) is 106 Å². The second-order valence-electron chi connectivity index (χ2n) is 6.47. The molecule has 4 N–H and O–H groups in total. The highest BCUT2D eigenvalue weighted by Crippen LogP contribution is 2.34. The molecule has 0 bridgehead atoms. The first kappa shape index (κ1) is 17.3. The van der Waals surface area contributed by atoms with Crippen molar-refractivity contribution in [2.45, 2.75) is 26.4 Å². The monoisotopic (exact) mass is 382 g/mol. The number of hydrogen-bond acceptors (Lipinski definition) is 6. The molecular formula is C19H18N4O3S. The molecule has 138 valence electrons. The van der Waals surface area contributed by atoms with Crippen molar-refractivity contribution in [3.8, 4) is 5.75 Å². The number of nitrogen functional groups attached to an aromatic ring is 1. The maximum Gasteiger partial charge on any atom is 0.281 e. The minimum atomic E-state index is -0.672. The number of fused-ring (bicyclic) bond motifs is 2. The van der Waals surface area contributed by atoms with Gasteiger partial charge in [0.1, 0.15) is 15.5 Å². The van der Waals surface area contributed by atoms with Gasteiger partial charge in [-0.3, -0.25) is 20.4 Å². The molecule has 1 atom stereocenters. The van der Waals surface area contributed by atoms with Crippen molar-refractivity contribution in [3.05, 3.63) is 52.0 Å². The van der Waals surface area contributed by atoms with Crippen LogP contribution in [0.2, 0.25) is 0 Å². The van der Waals surface area contributed by atoms with E-state index in [0.29, 0.717) is 27.6 Å². The molecule has 0 saturated heterocycles. The number of rotatable bonds is 2. The van der Waals surface area contributed by atoms with E-state index < -0.39 is 17.9 Å². The molecule has 0 aliphatic carbocycles. The third-order valence-corrected chi connectivity index (χ3v) is 5.57. The summed E-state index contributed by atoms with van der Waals surface area (Å²) < 4.78 is 5.61. The molecule has 1 aliphatic rings. The minimum absolute atomic E-state index is 0.321. The summed E-state index contributed by atoms with van der Waals surface area (Å²) in [5.74, 6) is -0.199. The van der Waals surface area contributed by atoms with Crippen molar-refractivity contribution in [2.24, 2.45) is 0 Å². The Hall–Kier alpha value is -3.13. The van der Waals surface area contributed by atoms with Crippen LogP contribution in [-0.2, 0) is 11.2 Å². The zero-order chi connectivity index (χ0) is 19.1. The third-order valence-electron chi connectivity index (χ3n) is 4.47. The van der Waals surface area contributed by atoms with E-state index in [9.17, 15) is 9.59 Å². The van der Waals surface area contributed by atoms with Crippen molar-refractivity contribution in [3.63, 3.8) is 0 Å². The number of aromatic nitrogens is 1. The van der Waals surface area contributed by atoms with Gasteiger partial charge >= 0.3 is 0 Å². The van der Waals surface area contributed by atoms with Crippen LogP contribution in [0.4, 0.5) is 5.69 Å². The molecule has 3 heterocycles. The van der Waals surface area contributed by atoms with Crippen LogP contribution in [0.3, 0.4) is 0 Å². The maximum absolute atomic E-state index is 12.5. The summed E-state index contributed by atoms with van der Waals surface area (Å²) >= 11 is 1.20. The van der Waals surface area contributed by atoms with Crippen LogP contribution in [0.5, 0.6) is 5.75 Å². The van der Waals surface area contributed by atoms with E-state index in [-0.39, 0.29) is 0 Å². The highest BCUT2D eigenvalue weighted by atomic mass is 32.1. The molecule has 2 aromatic heterocycles. The number of ether oxygens (including phenoxy) is 1. The number of hydrazine groups is 1. The number of para-hydroxylation sites is 1. The largest absolute Gasteiger partial charge is 0.480 e. The van der Waals surface area contributed by atoms with E-state index in [2.05, 4.69) is 15.8 Å². The normalized spacial score (nSPS) is 15.3. The summed E-state index contributed by atoms with van der Waals surface area (Å²) in [6, 6.07) is 9.39. The van der Waals surface area contributed by atoms with Crippen LogP contribution in [0.15, 0.2) is 30.3 Å². The average molecular weight is 382 g/mol. The van der Waals surface area contributed by atoms with Crippen LogP contribution >= 0.6 is 11.3 Å². The lowest BCUT2D eigenvalue weighted by Crippen LogP contribution is -2.47. The lowest BCUT2D eigenvalue weighted by Gasteiger charge is -2.12. The second-order valence-corrected chi connectivity index (χ2v) is 7.47. The van der Waals surface area contributed by atoms with Crippen molar-refractivity contribution < 1.29 is 14.3 Å². The molecule has 0 spiro atoms. The van der Waals surface area contributed by atoms with E-state index in [1.807, 2.05) is 44.2 Å². The number of aryl methyl sites for hydroxylation is 2. The van der Waals surface area contributed by atoms with E-state index in [1.165, 1.54) is 11.3 Å². The van der Waals surface area contributed by atoms with Crippen molar-refractivity contribution in [1.29, 1.82) is 0 Å². The highest BCUT2D eigenvalue weighted by Gasteiger charge is 2.29. The molecule has 4 rings (SSSR count). The minimum Gasteiger partial charge on any atom is -0.480 e. The van der Waals surface area contributed by atoms with Crippen LogP contribution < -0.4 is 21.3 Å². The Morgan fingerprint density at radius 3 is 2.81 bits per heavy atom. The van der Waals surface area contributed by atoms with Gasteiger partial charge in [0, 0.05) is 17.5 Å². The van der Waals surface area contributed by atoms with Gasteiger partial charge in [0.25, 0.3) is 11.8 Å². The lowest BCUT2D eigenvalue weighted by atomic mass is 10.1. The van der Waals surface area contributed by atoms with E-state index in [4.69, 9.17) is 10.5 Å². The molecule has 7 nitrogen and oxygen atoms in total. The summed E-state index contributed by atoms with van der Waals surface area (Å²) in [7, 11) is 0. The number of anilines is 1. The number of benzene rings is 1. The van der Waals surface area contributed by atoms with Crippen LogP contribution in [-0.4, -0.2) is 22.9 Å². The smallest absolute Gasteiger partial charge is 0.281 e. The van der Waals surface area contributed by atoms with Gasteiger partial charge in [0.05, 0.1) is 5.69 Å². The Morgan fingerprint density at radius 1 is 1.26 bits per heavy atom. The molecule has 2 amide bonds. The zero-order valence-electron chi connectivity index (χ0n) is 14.8. The number of hydrogen-bond donors (Lipinski definition) is 3. The molecule has 1 aliphatic heterocycles. The molecule has 0 unspecified atom stereocenters. The first-order valence-electron chi connectivity index (χ1n) is 8.45. The van der Waals surface area contributed by atoms with Gasteiger partial charge in [0.2, 0.25) is 0 Å². The summed E-state index contributed by atoms with van der Waals surface area (Å²) in [5, 5.41) is 0.775. The fourth-order valence-corrected chi connectivity index (χ4v) is 4.33. The SMILES string of the molecule is Cc1cc(C)c2c(N)c(C(=O)NNC(=O)[C@H]3Cc4ccccc4O3)sc2n1. The van der Waals surface area contributed by atoms with Gasteiger partial charge < -0.3 is 10.5 Å². The number of nitrogens with two attached hydrogens (primary N) is 1. The van der Waals surface area contributed by atoms with Crippen molar-refractivity contribution in [2.75, 3.05) is 5.73 Å². The quantitative estimate of drug-likeness (QED) is 0.590. The van der Waals surface area contributed by atoms with Gasteiger partial charge in [-0.15, -0.1) is 11.3 Å². The van der Waals surface area contributed by atoms with Crippen LogP contribution in [0.1, 0.15) is 26.5 Å².